The van der Waals surface area contributed by atoms with Crippen molar-refractivity contribution in [2.45, 2.75) is 26.8 Å². The Hall–Kier alpha value is -2.44. The number of likely N-dealkylation sites (N-methyl/N-ethyl adjacent to an activating group) is 1. The van der Waals surface area contributed by atoms with Crippen molar-refractivity contribution in [3.05, 3.63) is 23.8 Å². The first-order valence-electron chi connectivity index (χ1n) is 7.70. The Kier molecular flexibility index (Phi) is 8.34. The number of carbonyl (C=O) groups excluding carboxylic acids is 1. The molecule has 1 amide bonds. The summed E-state index contributed by atoms with van der Waals surface area (Å²) in [6.07, 6.45) is 0.988. The maximum absolute atomic E-state index is 11.4. The van der Waals surface area contributed by atoms with Gasteiger partial charge in [0.1, 0.15) is 0 Å². The number of carbonyl (C=O) groups is 1. The van der Waals surface area contributed by atoms with Gasteiger partial charge in [0, 0.05) is 13.1 Å². The fourth-order valence-corrected chi connectivity index (χ4v) is 1.81. The second-order valence-electron chi connectivity index (χ2n) is 4.86. The van der Waals surface area contributed by atoms with Crippen LogP contribution in [-0.2, 0) is 11.3 Å². The van der Waals surface area contributed by atoms with Crippen molar-refractivity contribution >= 4 is 11.9 Å². The molecule has 1 rings (SSSR count). The molecule has 0 spiro atoms. The molecule has 1 aromatic rings. The molecule has 0 aliphatic heterocycles. The second-order valence-corrected chi connectivity index (χ2v) is 4.86. The van der Waals surface area contributed by atoms with E-state index in [1.807, 2.05) is 19.1 Å². The van der Waals surface area contributed by atoms with Crippen LogP contribution in [0, 0.1) is 0 Å². The van der Waals surface area contributed by atoms with Crippen LogP contribution in [0.5, 0.6) is 11.5 Å². The summed E-state index contributed by atoms with van der Waals surface area (Å²) in [6, 6.07) is 5.45. The normalized spacial score (nSPS) is 11.0. The van der Waals surface area contributed by atoms with Crippen molar-refractivity contribution in [3.8, 4) is 11.5 Å². The van der Waals surface area contributed by atoms with Crippen molar-refractivity contribution in [3.63, 3.8) is 0 Å². The van der Waals surface area contributed by atoms with Gasteiger partial charge in [-0.2, -0.15) is 0 Å². The minimum Gasteiger partial charge on any atom is -0.493 e. The Morgan fingerprint density at radius 2 is 2.04 bits per heavy atom. The van der Waals surface area contributed by atoms with Gasteiger partial charge in [0.05, 0.1) is 13.7 Å². The lowest BCUT2D eigenvalue weighted by Gasteiger charge is -2.11. The highest BCUT2D eigenvalue weighted by molar-refractivity contribution is 5.78. The van der Waals surface area contributed by atoms with Gasteiger partial charge < -0.3 is 25.8 Å². The molecule has 1 aromatic carbocycles. The molecule has 7 nitrogen and oxygen atoms in total. The second kappa shape index (κ2) is 10.3. The zero-order valence-electron chi connectivity index (χ0n) is 14.0. The van der Waals surface area contributed by atoms with Crippen LogP contribution in [0.3, 0.4) is 0 Å². The molecule has 0 radical (unpaired) electrons. The maximum atomic E-state index is 11.4. The minimum absolute atomic E-state index is 0.0460. The van der Waals surface area contributed by atoms with E-state index in [-0.39, 0.29) is 12.5 Å². The fourth-order valence-electron chi connectivity index (χ4n) is 1.81. The number of rotatable bonds is 9. The lowest BCUT2D eigenvalue weighted by molar-refractivity contribution is -0.123. The molecule has 0 fully saturated rings. The highest BCUT2D eigenvalue weighted by Gasteiger charge is 2.08. The molecule has 23 heavy (non-hydrogen) atoms. The first kappa shape index (κ1) is 18.6. The minimum atomic E-state index is -0.169. The van der Waals surface area contributed by atoms with Gasteiger partial charge in [-0.05, 0) is 31.0 Å². The summed E-state index contributed by atoms with van der Waals surface area (Å²) in [4.78, 5) is 15.7. The van der Waals surface area contributed by atoms with E-state index in [1.165, 1.54) is 0 Å². The van der Waals surface area contributed by atoms with Crippen molar-refractivity contribution in [1.82, 2.24) is 10.6 Å². The highest BCUT2D eigenvalue weighted by Crippen LogP contribution is 2.28. The van der Waals surface area contributed by atoms with Gasteiger partial charge in [0.2, 0.25) is 0 Å². The molecule has 0 aliphatic rings. The predicted molar refractivity (Wildman–Crippen MR) is 90.8 cm³/mol. The zero-order chi connectivity index (χ0) is 17.1. The van der Waals surface area contributed by atoms with Crippen molar-refractivity contribution < 1.29 is 14.3 Å². The van der Waals surface area contributed by atoms with E-state index in [9.17, 15) is 4.79 Å². The number of nitrogens with one attached hydrogen (secondary N) is 2. The van der Waals surface area contributed by atoms with Gasteiger partial charge in [-0.15, -0.1) is 0 Å². The summed E-state index contributed by atoms with van der Waals surface area (Å²) in [6.45, 7) is 5.68. The Bertz CT molecular complexity index is 532. The lowest BCUT2D eigenvalue weighted by atomic mass is 10.2. The average Bonchev–Trinajstić information content (AvgIpc) is 2.56. The van der Waals surface area contributed by atoms with Crippen LogP contribution in [0.4, 0.5) is 0 Å². The third kappa shape index (κ3) is 6.90. The summed E-state index contributed by atoms with van der Waals surface area (Å²) in [5, 5.41) is 5.69. The number of hydrogen-bond acceptors (Lipinski definition) is 4. The molecule has 7 heteroatoms. The first-order chi connectivity index (χ1) is 11.1. The van der Waals surface area contributed by atoms with Gasteiger partial charge in [0.15, 0.2) is 24.1 Å². The fraction of sp³-hybridized carbons (Fsp3) is 0.500. The van der Waals surface area contributed by atoms with Crippen molar-refractivity contribution in [2.24, 2.45) is 10.7 Å². The van der Waals surface area contributed by atoms with Gasteiger partial charge in [0.25, 0.3) is 5.91 Å². The third-order valence-corrected chi connectivity index (χ3v) is 2.95. The van der Waals surface area contributed by atoms with Crippen LogP contribution in [0.25, 0.3) is 0 Å². The Morgan fingerprint density at radius 3 is 2.70 bits per heavy atom. The molecule has 0 aromatic heterocycles. The molecule has 128 valence electrons. The number of methoxy groups -OCH3 is 1. The Balaban J connectivity index is 2.66. The largest absolute Gasteiger partial charge is 0.493 e. The van der Waals surface area contributed by atoms with Crippen LogP contribution in [0.2, 0.25) is 0 Å². The van der Waals surface area contributed by atoms with Gasteiger partial charge in [-0.3, -0.25) is 4.79 Å². The zero-order valence-corrected chi connectivity index (χ0v) is 14.0. The van der Waals surface area contributed by atoms with E-state index >= 15 is 0 Å². The highest BCUT2D eigenvalue weighted by atomic mass is 16.5. The third-order valence-electron chi connectivity index (χ3n) is 2.95. The van der Waals surface area contributed by atoms with E-state index in [0.717, 1.165) is 18.5 Å². The average molecular weight is 322 g/mol. The maximum Gasteiger partial charge on any atom is 0.257 e. The number of guanidine groups is 1. The molecule has 4 N–H and O–H groups in total. The predicted octanol–water partition coefficient (Wildman–Crippen LogP) is 1.02. The molecule has 0 atom stereocenters. The summed E-state index contributed by atoms with van der Waals surface area (Å²) in [7, 11) is 1.55. The number of ether oxygens (including phenoxy) is 2. The quantitative estimate of drug-likeness (QED) is 0.466. The van der Waals surface area contributed by atoms with E-state index in [2.05, 4.69) is 22.5 Å². The lowest BCUT2D eigenvalue weighted by Crippen LogP contribution is -2.32. The summed E-state index contributed by atoms with van der Waals surface area (Å²) in [5.41, 5.74) is 6.69. The number of hydrogen-bond donors (Lipinski definition) is 3. The van der Waals surface area contributed by atoms with Crippen LogP contribution in [-0.4, -0.2) is 38.7 Å². The molecule has 0 heterocycles. The van der Waals surface area contributed by atoms with E-state index < -0.39 is 0 Å². The van der Waals surface area contributed by atoms with E-state index in [4.69, 9.17) is 15.2 Å². The van der Waals surface area contributed by atoms with Crippen molar-refractivity contribution in [2.75, 3.05) is 26.8 Å². The summed E-state index contributed by atoms with van der Waals surface area (Å²) in [5.74, 6) is 1.33. The van der Waals surface area contributed by atoms with Crippen LogP contribution < -0.4 is 25.8 Å². The molecule has 0 aliphatic carbocycles. The van der Waals surface area contributed by atoms with Gasteiger partial charge in [-0.1, -0.05) is 13.0 Å². The van der Waals surface area contributed by atoms with E-state index in [0.29, 0.717) is 30.5 Å². The molecular formula is C16H26N4O3. The first-order valence-corrected chi connectivity index (χ1v) is 7.70. The molecule has 0 saturated carbocycles. The van der Waals surface area contributed by atoms with E-state index in [1.54, 1.807) is 13.2 Å². The number of benzene rings is 1. The van der Waals surface area contributed by atoms with Crippen molar-refractivity contribution in [1.29, 1.82) is 0 Å². The molecule has 0 unspecified atom stereocenters. The summed E-state index contributed by atoms with van der Waals surface area (Å²) < 4.78 is 10.8. The standard InChI is InChI=1S/C16H26N4O3/c1-4-8-19-16(17)20-10-12-6-7-13(14(9-12)22-3)23-11-15(21)18-5-2/h6-7,9H,4-5,8,10-11H2,1-3H3,(H,18,21)(H3,17,19,20). The topological polar surface area (TPSA) is 98.0 Å². The molecule has 0 saturated heterocycles. The number of nitrogens with two attached hydrogens (primary N) is 1. The number of amides is 1. The smallest absolute Gasteiger partial charge is 0.257 e. The SMILES string of the molecule is CCCNC(N)=NCc1ccc(OCC(=O)NCC)c(OC)c1. The van der Waals surface area contributed by atoms with Crippen LogP contribution >= 0.6 is 0 Å². The molecular weight excluding hydrogens is 296 g/mol. The monoisotopic (exact) mass is 322 g/mol. The van der Waals surface area contributed by atoms with Gasteiger partial charge >= 0.3 is 0 Å². The van der Waals surface area contributed by atoms with Gasteiger partial charge in [-0.25, -0.2) is 4.99 Å². The number of nitrogens with zero attached hydrogens (tertiary/aromatic N) is 1. The molecule has 0 bridgehead atoms. The summed E-state index contributed by atoms with van der Waals surface area (Å²) >= 11 is 0. The number of aliphatic imine (C=N–C) groups is 1. The Labute approximate surface area is 137 Å². The Morgan fingerprint density at radius 1 is 1.26 bits per heavy atom. The van der Waals surface area contributed by atoms with Crippen LogP contribution in [0.15, 0.2) is 23.2 Å². The van der Waals surface area contributed by atoms with Crippen LogP contribution in [0.1, 0.15) is 25.8 Å².